The molecule has 5 rings (SSSR count). The zero-order valence-corrected chi connectivity index (χ0v) is 19.5. The monoisotopic (exact) mass is 466 g/mol. The van der Waals surface area contributed by atoms with Crippen molar-refractivity contribution < 1.29 is 9.18 Å². The lowest BCUT2D eigenvalue weighted by atomic mass is 9.97. The van der Waals surface area contributed by atoms with Crippen LogP contribution in [0.1, 0.15) is 49.8 Å². The maximum Gasteiger partial charge on any atom is 0.239 e. The van der Waals surface area contributed by atoms with Gasteiger partial charge in [-0.3, -0.25) is 4.79 Å². The van der Waals surface area contributed by atoms with Crippen molar-refractivity contribution >= 4 is 34.1 Å². The van der Waals surface area contributed by atoms with Crippen LogP contribution >= 0.6 is 11.6 Å². The van der Waals surface area contributed by atoms with E-state index in [9.17, 15) is 9.18 Å². The molecule has 1 fully saturated rings. The fourth-order valence-electron chi connectivity index (χ4n) is 4.94. The molecule has 3 heterocycles. The van der Waals surface area contributed by atoms with Crippen LogP contribution in [0.4, 0.5) is 4.39 Å². The summed E-state index contributed by atoms with van der Waals surface area (Å²) in [4.78, 5) is 19.3. The number of hydrogen-bond donors (Lipinski definition) is 1. The fraction of sp³-hybridized carbons (Fsp3) is 0.385. The van der Waals surface area contributed by atoms with Gasteiger partial charge in [0.05, 0.1) is 29.4 Å². The van der Waals surface area contributed by atoms with E-state index in [1.54, 1.807) is 18.5 Å². The number of carbonyl (C=O) groups is 1. The lowest BCUT2D eigenvalue weighted by Gasteiger charge is -2.32. The molecule has 5 nitrogen and oxygen atoms in total. The highest BCUT2D eigenvalue weighted by molar-refractivity contribution is 6.30. The average molecular weight is 467 g/mol. The van der Waals surface area contributed by atoms with Crippen LogP contribution in [-0.4, -0.2) is 46.0 Å². The molecular weight excluding hydrogens is 439 g/mol. The van der Waals surface area contributed by atoms with Gasteiger partial charge in [-0.25, -0.2) is 9.37 Å². The Morgan fingerprint density at radius 2 is 2.12 bits per heavy atom. The standard InChI is InChI=1S/C26H28ClFN4O/c1-17(21-7-6-20(27)15-22(21)28)32-16-30-23-8-5-19(14-25(23)32)18-9-12-31(13-10-18)26(33)24-4-2-3-11-29-24/h5-9,14-17,24,29H,2-4,10-13H2,1H3/t17-,24?/m1/s1. The summed E-state index contributed by atoms with van der Waals surface area (Å²) in [5, 5.41) is 3.74. The molecule has 2 atom stereocenters. The van der Waals surface area contributed by atoms with Crippen LogP contribution < -0.4 is 5.32 Å². The lowest BCUT2D eigenvalue weighted by Crippen LogP contribution is -2.49. The van der Waals surface area contributed by atoms with Crippen molar-refractivity contribution in [2.45, 2.75) is 44.7 Å². The molecule has 7 heteroatoms. The molecule has 0 bridgehead atoms. The molecule has 1 saturated heterocycles. The summed E-state index contributed by atoms with van der Waals surface area (Å²) in [6, 6.07) is 10.8. The van der Waals surface area contributed by atoms with Crippen molar-refractivity contribution in [1.82, 2.24) is 19.8 Å². The van der Waals surface area contributed by atoms with E-state index in [4.69, 9.17) is 11.6 Å². The van der Waals surface area contributed by atoms with E-state index in [0.29, 0.717) is 17.1 Å². The maximum atomic E-state index is 14.5. The number of halogens is 2. The molecule has 1 unspecified atom stereocenters. The fourth-order valence-corrected chi connectivity index (χ4v) is 5.10. The van der Waals surface area contributed by atoms with E-state index in [1.807, 2.05) is 22.5 Å². The summed E-state index contributed by atoms with van der Waals surface area (Å²) in [6.45, 7) is 4.25. The third kappa shape index (κ3) is 4.42. The van der Waals surface area contributed by atoms with E-state index in [1.165, 1.54) is 11.6 Å². The Hall–Kier alpha value is -2.70. The van der Waals surface area contributed by atoms with Gasteiger partial charge in [0.15, 0.2) is 0 Å². The van der Waals surface area contributed by atoms with Crippen molar-refractivity contribution in [3.8, 4) is 0 Å². The molecule has 1 aromatic heterocycles. The highest BCUT2D eigenvalue weighted by Crippen LogP contribution is 2.30. The minimum absolute atomic E-state index is 0.0332. The van der Waals surface area contributed by atoms with Crippen molar-refractivity contribution in [3.63, 3.8) is 0 Å². The Bertz CT molecular complexity index is 1210. The minimum Gasteiger partial charge on any atom is -0.337 e. The van der Waals surface area contributed by atoms with Crippen molar-refractivity contribution in [2.75, 3.05) is 19.6 Å². The summed E-state index contributed by atoms with van der Waals surface area (Å²) in [7, 11) is 0. The van der Waals surface area contributed by atoms with Crippen LogP contribution in [0.5, 0.6) is 0 Å². The first kappa shape index (κ1) is 22.1. The molecule has 172 valence electrons. The van der Waals surface area contributed by atoms with Gasteiger partial charge in [0.25, 0.3) is 0 Å². The summed E-state index contributed by atoms with van der Waals surface area (Å²) in [5.41, 5.74) is 4.76. The predicted octanol–water partition coefficient (Wildman–Crippen LogP) is 5.20. The summed E-state index contributed by atoms with van der Waals surface area (Å²) in [6.07, 6.45) is 7.94. The van der Waals surface area contributed by atoms with E-state index in [2.05, 4.69) is 28.5 Å². The highest BCUT2D eigenvalue weighted by atomic mass is 35.5. The zero-order valence-electron chi connectivity index (χ0n) is 18.7. The molecule has 2 aliphatic heterocycles. The van der Waals surface area contributed by atoms with Gasteiger partial charge in [-0.15, -0.1) is 0 Å². The first-order valence-electron chi connectivity index (χ1n) is 11.6. The Morgan fingerprint density at radius 1 is 1.24 bits per heavy atom. The molecule has 3 aromatic rings. The van der Waals surface area contributed by atoms with Gasteiger partial charge in [-0.05, 0) is 68.1 Å². The number of benzene rings is 2. The van der Waals surface area contributed by atoms with Crippen LogP contribution in [0.3, 0.4) is 0 Å². The van der Waals surface area contributed by atoms with Crippen LogP contribution in [0.25, 0.3) is 16.6 Å². The normalized spacial score (nSPS) is 20.0. The molecule has 0 radical (unpaired) electrons. The largest absolute Gasteiger partial charge is 0.337 e. The van der Waals surface area contributed by atoms with Gasteiger partial charge >= 0.3 is 0 Å². The summed E-state index contributed by atoms with van der Waals surface area (Å²) in [5.74, 6) is -0.0995. The van der Waals surface area contributed by atoms with Gasteiger partial charge in [0, 0.05) is 23.7 Å². The maximum absolute atomic E-state index is 14.5. The van der Waals surface area contributed by atoms with Gasteiger partial charge in [-0.2, -0.15) is 0 Å². The molecular formula is C26H28ClFN4O. The van der Waals surface area contributed by atoms with E-state index >= 15 is 0 Å². The molecule has 0 spiro atoms. The molecule has 1 amide bonds. The Morgan fingerprint density at radius 3 is 2.85 bits per heavy atom. The number of rotatable bonds is 4. The number of aromatic nitrogens is 2. The molecule has 33 heavy (non-hydrogen) atoms. The van der Waals surface area contributed by atoms with E-state index < -0.39 is 0 Å². The number of hydrogen-bond acceptors (Lipinski definition) is 3. The number of nitrogens with zero attached hydrogens (tertiary/aromatic N) is 3. The molecule has 0 saturated carbocycles. The summed E-state index contributed by atoms with van der Waals surface area (Å²) >= 11 is 5.93. The SMILES string of the molecule is C[C@H](c1ccc(Cl)cc1F)n1cnc2ccc(C3=CCN(C(=O)C4CCCCN4)CC3)cc21. The van der Waals surface area contributed by atoms with Gasteiger partial charge in [-0.1, -0.05) is 36.2 Å². The average Bonchev–Trinajstić information content (AvgIpc) is 3.27. The van der Waals surface area contributed by atoms with Crippen molar-refractivity contribution in [3.05, 3.63) is 70.8 Å². The Labute approximate surface area is 198 Å². The zero-order chi connectivity index (χ0) is 22.9. The minimum atomic E-state index is -0.319. The Kier molecular flexibility index (Phi) is 6.21. The molecule has 2 aromatic carbocycles. The molecule has 0 aliphatic carbocycles. The topological polar surface area (TPSA) is 50.2 Å². The number of nitrogens with one attached hydrogen (secondary N) is 1. The number of imidazole rings is 1. The molecule has 1 N–H and O–H groups in total. The number of piperidine rings is 1. The quantitative estimate of drug-likeness (QED) is 0.575. The lowest BCUT2D eigenvalue weighted by molar-refractivity contribution is -0.133. The van der Waals surface area contributed by atoms with Crippen LogP contribution in [0.15, 0.2) is 48.8 Å². The second-order valence-corrected chi connectivity index (χ2v) is 9.40. The third-order valence-electron chi connectivity index (χ3n) is 6.90. The molecule has 2 aliphatic rings. The number of fused-ring (bicyclic) bond motifs is 1. The highest BCUT2D eigenvalue weighted by Gasteiger charge is 2.27. The van der Waals surface area contributed by atoms with E-state index in [0.717, 1.165) is 55.4 Å². The second-order valence-electron chi connectivity index (χ2n) is 8.96. The van der Waals surface area contributed by atoms with Crippen molar-refractivity contribution in [1.29, 1.82) is 0 Å². The first-order chi connectivity index (χ1) is 16.0. The van der Waals surface area contributed by atoms with Gasteiger partial charge in [0.1, 0.15) is 5.82 Å². The van der Waals surface area contributed by atoms with Gasteiger partial charge < -0.3 is 14.8 Å². The summed E-state index contributed by atoms with van der Waals surface area (Å²) < 4.78 is 16.5. The van der Waals surface area contributed by atoms with Crippen LogP contribution in [0, 0.1) is 5.82 Å². The predicted molar refractivity (Wildman–Crippen MR) is 130 cm³/mol. The first-order valence-corrected chi connectivity index (χ1v) is 12.0. The van der Waals surface area contributed by atoms with Crippen LogP contribution in [-0.2, 0) is 4.79 Å². The number of carbonyl (C=O) groups excluding carboxylic acids is 1. The third-order valence-corrected chi connectivity index (χ3v) is 7.14. The van der Waals surface area contributed by atoms with E-state index in [-0.39, 0.29) is 23.8 Å². The van der Waals surface area contributed by atoms with Crippen LogP contribution in [0.2, 0.25) is 5.02 Å². The van der Waals surface area contributed by atoms with Crippen molar-refractivity contribution in [2.24, 2.45) is 0 Å². The Balaban J connectivity index is 1.37. The smallest absolute Gasteiger partial charge is 0.239 e. The number of amides is 1. The van der Waals surface area contributed by atoms with Gasteiger partial charge in [0.2, 0.25) is 5.91 Å². The second kappa shape index (κ2) is 9.27.